The fourth-order valence-corrected chi connectivity index (χ4v) is 3.40. The van der Waals surface area contributed by atoms with Gasteiger partial charge in [-0.3, -0.25) is 4.57 Å². The van der Waals surface area contributed by atoms with E-state index in [-0.39, 0.29) is 0 Å². The summed E-state index contributed by atoms with van der Waals surface area (Å²) in [6, 6.07) is 0. The summed E-state index contributed by atoms with van der Waals surface area (Å²) in [6.07, 6.45) is 1.17. The molecule has 2 saturated heterocycles. The Morgan fingerprint density at radius 1 is 1.21 bits per heavy atom. The second-order valence-corrected chi connectivity index (χ2v) is 5.97. The minimum Gasteiger partial charge on any atom is -0.381 e. The Morgan fingerprint density at radius 2 is 2.05 bits per heavy atom. The molecule has 2 aliphatic rings. The largest absolute Gasteiger partial charge is 0.381 e. The minimum atomic E-state index is 0.661. The van der Waals surface area contributed by atoms with E-state index in [1.54, 1.807) is 11.8 Å². The van der Waals surface area contributed by atoms with Crippen LogP contribution in [0, 0.1) is 5.92 Å². The number of morpholine rings is 1. The van der Waals surface area contributed by atoms with Gasteiger partial charge in [-0.05, 0) is 12.3 Å². The molecule has 1 aromatic heterocycles. The molecule has 1 atom stereocenters. The summed E-state index contributed by atoms with van der Waals surface area (Å²) < 4.78 is 12.9. The van der Waals surface area contributed by atoms with Crippen molar-refractivity contribution in [3.63, 3.8) is 0 Å². The average molecular weight is 284 g/mol. The van der Waals surface area contributed by atoms with Gasteiger partial charge in [-0.2, -0.15) is 0 Å². The zero-order valence-electron chi connectivity index (χ0n) is 11.2. The smallest absolute Gasteiger partial charge is 0.227 e. The van der Waals surface area contributed by atoms with Gasteiger partial charge in [0.2, 0.25) is 5.95 Å². The molecule has 3 heterocycles. The van der Waals surface area contributed by atoms with Crippen molar-refractivity contribution < 1.29 is 9.47 Å². The van der Waals surface area contributed by atoms with E-state index >= 15 is 0 Å². The predicted octanol–water partition coefficient (Wildman–Crippen LogP) is 0.780. The van der Waals surface area contributed by atoms with Crippen LogP contribution in [0.15, 0.2) is 5.16 Å². The maximum atomic E-state index is 5.40. The summed E-state index contributed by atoms with van der Waals surface area (Å²) in [5, 5.41) is 9.61. The van der Waals surface area contributed by atoms with E-state index in [2.05, 4.69) is 19.7 Å². The standard InChI is InChI=1S/C12H20N4O2S/c1-15-11(16-3-6-17-7-4-16)13-14-12(15)19-9-10-2-5-18-8-10/h10H,2-9H2,1H3. The molecule has 0 radical (unpaired) electrons. The van der Waals surface area contributed by atoms with Crippen molar-refractivity contribution in [2.24, 2.45) is 13.0 Å². The Hall–Kier alpha value is -0.790. The van der Waals surface area contributed by atoms with E-state index in [1.807, 2.05) is 7.05 Å². The van der Waals surface area contributed by atoms with Gasteiger partial charge in [-0.25, -0.2) is 0 Å². The van der Waals surface area contributed by atoms with Gasteiger partial charge < -0.3 is 14.4 Å². The lowest BCUT2D eigenvalue weighted by Gasteiger charge is -2.27. The highest BCUT2D eigenvalue weighted by atomic mass is 32.2. The highest BCUT2D eigenvalue weighted by Crippen LogP contribution is 2.25. The van der Waals surface area contributed by atoms with Crippen molar-refractivity contribution in [2.75, 3.05) is 50.2 Å². The van der Waals surface area contributed by atoms with Gasteiger partial charge in [-0.15, -0.1) is 10.2 Å². The summed E-state index contributed by atoms with van der Waals surface area (Å²) in [6.45, 7) is 5.13. The first-order chi connectivity index (χ1) is 9.34. The first-order valence-electron chi connectivity index (χ1n) is 6.77. The van der Waals surface area contributed by atoms with Gasteiger partial charge in [0.05, 0.1) is 19.8 Å². The third kappa shape index (κ3) is 3.04. The van der Waals surface area contributed by atoms with E-state index in [9.17, 15) is 0 Å². The maximum absolute atomic E-state index is 5.40. The SMILES string of the molecule is Cn1c(SCC2CCOC2)nnc1N1CCOCC1. The lowest BCUT2D eigenvalue weighted by atomic mass is 10.2. The number of nitrogens with zero attached hydrogens (tertiary/aromatic N) is 4. The summed E-state index contributed by atoms with van der Waals surface area (Å²) >= 11 is 1.78. The average Bonchev–Trinajstić information content (AvgIpc) is 3.07. The molecule has 2 fully saturated rings. The molecule has 7 heteroatoms. The van der Waals surface area contributed by atoms with Gasteiger partial charge >= 0.3 is 0 Å². The van der Waals surface area contributed by atoms with Crippen LogP contribution in [0.1, 0.15) is 6.42 Å². The zero-order chi connectivity index (χ0) is 13.1. The van der Waals surface area contributed by atoms with E-state index < -0.39 is 0 Å². The van der Waals surface area contributed by atoms with Gasteiger partial charge in [0.1, 0.15) is 0 Å². The molecular formula is C12H20N4O2S. The lowest BCUT2D eigenvalue weighted by Crippen LogP contribution is -2.37. The quantitative estimate of drug-likeness (QED) is 0.762. The lowest BCUT2D eigenvalue weighted by molar-refractivity contribution is 0.121. The van der Waals surface area contributed by atoms with Gasteiger partial charge in [0, 0.05) is 32.5 Å². The Bertz CT molecular complexity index is 414. The molecule has 3 rings (SSSR count). The first-order valence-corrected chi connectivity index (χ1v) is 7.76. The van der Waals surface area contributed by atoms with Crippen LogP contribution in [-0.2, 0) is 16.5 Å². The van der Waals surface area contributed by atoms with Crippen LogP contribution < -0.4 is 4.90 Å². The van der Waals surface area contributed by atoms with Crippen LogP contribution in [0.25, 0.3) is 0 Å². The van der Waals surface area contributed by atoms with Crippen molar-refractivity contribution >= 4 is 17.7 Å². The summed E-state index contributed by atoms with van der Waals surface area (Å²) in [7, 11) is 2.04. The van der Waals surface area contributed by atoms with Crippen molar-refractivity contribution in [1.29, 1.82) is 0 Å². The molecule has 0 amide bonds. The number of thioether (sulfide) groups is 1. The number of hydrogen-bond acceptors (Lipinski definition) is 6. The molecule has 1 aromatic rings. The molecule has 0 bridgehead atoms. The molecule has 0 aliphatic carbocycles. The number of anilines is 1. The van der Waals surface area contributed by atoms with Crippen LogP contribution in [0.3, 0.4) is 0 Å². The van der Waals surface area contributed by atoms with Crippen molar-refractivity contribution in [1.82, 2.24) is 14.8 Å². The Kier molecular flexibility index (Phi) is 4.24. The summed E-state index contributed by atoms with van der Waals surface area (Å²) in [4.78, 5) is 2.24. The summed E-state index contributed by atoms with van der Waals surface area (Å²) in [5.41, 5.74) is 0. The van der Waals surface area contributed by atoms with Crippen molar-refractivity contribution in [3.05, 3.63) is 0 Å². The minimum absolute atomic E-state index is 0.661. The topological polar surface area (TPSA) is 52.4 Å². The van der Waals surface area contributed by atoms with Crippen LogP contribution in [0.2, 0.25) is 0 Å². The van der Waals surface area contributed by atoms with Crippen LogP contribution in [-0.4, -0.2) is 60.0 Å². The number of ether oxygens (including phenoxy) is 2. The van der Waals surface area contributed by atoms with Gasteiger partial charge in [-0.1, -0.05) is 11.8 Å². The van der Waals surface area contributed by atoms with E-state index in [0.29, 0.717) is 5.92 Å². The Balaban J connectivity index is 1.61. The summed E-state index contributed by atoms with van der Waals surface area (Å²) in [5.74, 6) is 2.68. The van der Waals surface area contributed by atoms with Crippen molar-refractivity contribution in [3.8, 4) is 0 Å². The number of hydrogen-bond donors (Lipinski definition) is 0. The van der Waals surface area contributed by atoms with Crippen LogP contribution >= 0.6 is 11.8 Å². The van der Waals surface area contributed by atoms with E-state index in [1.165, 1.54) is 6.42 Å². The van der Waals surface area contributed by atoms with Gasteiger partial charge in [0.15, 0.2) is 5.16 Å². The normalized spacial score (nSPS) is 24.1. The molecule has 19 heavy (non-hydrogen) atoms. The molecular weight excluding hydrogens is 264 g/mol. The second kappa shape index (κ2) is 6.11. The molecule has 6 nitrogen and oxygen atoms in total. The molecule has 0 saturated carbocycles. The van der Waals surface area contributed by atoms with Gasteiger partial charge in [0.25, 0.3) is 0 Å². The number of aromatic nitrogens is 3. The molecule has 0 spiro atoms. The van der Waals surface area contributed by atoms with Crippen molar-refractivity contribution in [2.45, 2.75) is 11.6 Å². The van der Waals surface area contributed by atoms with E-state index in [0.717, 1.165) is 56.4 Å². The highest BCUT2D eigenvalue weighted by Gasteiger charge is 2.20. The van der Waals surface area contributed by atoms with E-state index in [4.69, 9.17) is 9.47 Å². The Labute approximate surface area is 117 Å². The zero-order valence-corrected chi connectivity index (χ0v) is 12.1. The third-order valence-electron chi connectivity index (χ3n) is 3.58. The highest BCUT2D eigenvalue weighted by molar-refractivity contribution is 7.99. The number of rotatable bonds is 4. The molecule has 2 aliphatic heterocycles. The molecule has 1 unspecified atom stereocenters. The first kappa shape index (κ1) is 13.2. The third-order valence-corrected chi connectivity index (χ3v) is 4.83. The van der Waals surface area contributed by atoms with Crippen LogP contribution in [0.5, 0.6) is 0 Å². The molecule has 0 aromatic carbocycles. The maximum Gasteiger partial charge on any atom is 0.227 e. The Morgan fingerprint density at radius 3 is 2.79 bits per heavy atom. The molecule has 106 valence electrons. The predicted molar refractivity (Wildman–Crippen MR) is 73.7 cm³/mol. The monoisotopic (exact) mass is 284 g/mol. The second-order valence-electron chi connectivity index (χ2n) is 4.98. The fraction of sp³-hybridized carbons (Fsp3) is 0.833. The van der Waals surface area contributed by atoms with Crippen LogP contribution in [0.4, 0.5) is 5.95 Å². The fourth-order valence-electron chi connectivity index (χ4n) is 2.38. The molecule has 0 N–H and O–H groups in total.